The molecule has 0 saturated heterocycles. The van der Waals surface area contributed by atoms with Crippen molar-refractivity contribution in [3.8, 4) is 11.8 Å². The topological polar surface area (TPSA) is 46.5 Å². The highest BCUT2D eigenvalue weighted by molar-refractivity contribution is 6.48. The van der Waals surface area contributed by atoms with Crippen molar-refractivity contribution >= 4 is 29.2 Å². The van der Waals surface area contributed by atoms with E-state index in [2.05, 4.69) is 11.8 Å². The lowest BCUT2D eigenvalue weighted by atomic mass is 10.1. The number of hydrogen-bond acceptors (Lipinski definition) is 3. The van der Waals surface area contributed by atoms with Crippen LogP contribution in [0.15, 0.2) is 40.4 Å². The molecule has 2 rings (SSSR count). The Balaban J connectivity index is 2.13. The molecule has 1 aliphatic heterocycles. The van der Waals surface area contributed by atoms with Gasteiger partial charge in [0.15, 0.2) is 12.2 Å². The monoisotopic (exact) mass is 282 g/mol. The van der Waals surface area contributed by atoms with Gasteiger partial charge in [-0.15, -0.1) is 0 Å². The molecule has 0 radical (unpaired) electrons. The Kier molecular flexibility index (Phi) is 3.93. The van der Waals surface area contributed by atoms with E-state index >= 15 is 0 Å². The molecule has 92 valence electrons. The number of hydrogen-bond donors (Lipinski definition) is 1. The molecule has 0 fully saturated rings. The molecule has 0 spiro atoms. The first-order valence-corrected chi connectivity index (χ1v) is 5.86. The maximum Gasteiger partial charge on any atom is 0.351 e. The maximum absolute atomic E-state index is 11.1. The number of esters is 1. The number of aliphatic hydroxyl groups excluding tert-OH is 1. The lowest BCUT2D eigenvalue weighted by Gasteiger charge is -2.11. The van der Waals surface area contributed by atoms with Gasteiger partial charge in [0.2, 0.25) is 0 Å². The molecule has 1 N–H and O–H groups in total. The van der Waals surface area contributed by atoms with E-state index in [9.17, 15) is 9.90 Å². The molecule has 2 atom stereocenters. The van der Waals surface area contributed by atoms with E-state index in [-0.39, 0.29) is 10.1 Å². The number of carbonyl (C=O) groups is 1. The largest absolute Gasteiger partial charge is 0.448 e. The highest BCUT2D eigenvalue weighted by Crippen LogP contribution is 2.30. The van der Waals surface area contributed by atoms with E-state index in [4.69, 9.17) is 27.9 Å². The fourth-order valence-electron chi connectivity index (χ4n) is 1.40. The summed E-state index contributed by atoms with van der Waals surface area (Å²) in [7, 11) is 0. The van der Waals surface area contributed by atoms with Crippen molar-refractivity contribution < 1.29 is 14.6 Å². The number of ether oxygens (including phenoxy) is 1. The van der Waals surface area contributed by atoms with Gasteiger partial charge in [-0.2, -0.15) is 0 Å². The van der Waals surface area contributed by atoms with E-state index in [0.717, 1.165) is 5.56 Å². The number of carbonyl (C=O) groups excluding carboxylic acids is 1. The summed E-state index contributed by atoms with van der Waals surface area (Å²) < 4.78 is 4.81. The van der Waals surface area contributed by atoms with Crippen LogP contribution in [0, 0.1) is 11.8 Å². The maximum atomic E-state index is 11.1. The number of cyclic esters (lactones) is 1. The average Bonchev–Trinajstić information content (AvgIpc) is 2.65. The van der Waals surface area contributed by atoms with Crippen LogP contribution in [-0.4, -0.2) is 23.3 Å². The quantitative estimate of drug-likeness (QED) is 0.633. The van der Waals surface area contributed by atoms with Gasteiger partial charge in [-0.05, 0) is 12.1 Å². The van der Waals surface area contributed by atoms with Crippen molar-refractivity contribution in [2.75, 3.05) is 0 Å². The van der Waals surface area contributed by atoms with Crippen LogP contribution in [-0.2, 0) is 9.53 Å². The fraction of sp³-hybridized carbons (Fsp3) is 0.154. The molecular weight excluding hydrogens is 275 g/mol. The Labute approximate surface area is 114 Å². The molecule has 1 heterocycles. The van der Waals surface area contributed by atoms with E-state index in [1.165, 1.54) is 0 Å². The minimum absolute atomic E-state index is 0.0171. The summed E-state index contributed by atoms with van der Waals surface area (Å²) in [6.45, 7) is 0. The molecule has 3 nitrogen and oxygen atoms in total. The van der Waals surface area contributed by atoms with Gasteiger partial charge in [-0.1, -0.05) is 53.2 Å². The third kappa shape index (κ3) is 2.68. The van der Waals surface area contributed by atoms with Gasteiger partial charge in [0.1, 0.15) is 5.03 Å². The zero-order chi connectivity index (χ0) is 13.1. The summed E-state index contributed by atoms with van der Waals surface area (Å²) in [6.07, 6.45) is -2.22. The second-order valence-corrected chi connectivity index (χ2v) is 4.35. The molecule has 0 aliphatic carbocycles. The summed E-state index contributed by atoms with van der Waals surface area (Å²) >= 11 is 11.4. The molecule has 5 heteroatoms. The van der Waals surface area contributed by atoms with Crippen molar-refractivity contribution in [2.45, 2.75) is 12.2 Å². The first-order valence-electron chi connectivity index (χ1n) is 5.10. The van der Waals surface area contributed by atoms with Gasteiger partial charge in [0, 0.05) is 5.56 Å². The number of halogens is 2. The standard InChI is InChI=1S/C13H8Cl2O3/c14-10-11(15)13(17)18-12(10)9(16)7-6-8-4-2-1-3-5-8/h1-5,9,12,16H. The molecule has 0 amide bonds. The van der Waals surface area contributed by atoms with Crippen LogP contribution in [0.3, 0.4) is 0 Å². The first kappa shape index (κ1) is 13.0. The number of aliphatic hydroxyl groups is 1. The highest BCUT2D eigenvalue weighted by Gasteiger charge is 2.36. The van der Waals surface area contributed by atoms with Crippen molar-refractivity contribution in [1.82, 2.24) is 0 Å². The number of rotatable bonds is 1. The minimum Gasteiger partial charge on any atom is -0.448 e. The van der Waals surface area contributed by atoms with E-state index in [1.807, 2.05) is 18.2 Å². The van der Waals surface area contributed by atoms with Crippen LogP contribution in [0.25, 0.3) is 0 Å². The van der Waals surface area contributed by atoms with Gasteiger partial charge in [0.05, 0.1) is 5.03 Å². The van der Waals surface area contributed by atoms with Gasteiger partial charge < -0.3 is 9.84 Å². The normalized spacial score (nSPS) is 20.2. The minimum atomic E-state index is -1.21. The Bertz CT molecular complexity index is 555. The Morgan fingerprint density at radius 1 is 1.28 bits per heavy atom. The van der Waals surface area contributed by atoms with Gasteiger partial charge in [0.25, 0.3) is 0 Å². The van der Waals surface area contributed by atoms with E-state index < -0.39 is 18.2 Å². The zero-order valence-electron chi connectivity index (χ0n) is 9.06. The van der Waals surface area contributed by atoms with Crippen LogP contribution in [0.1, 0.15) is 5.56 Å². The predicted molar refractivity (Wildman–Crippen MR) is 67.9 cm³/mol. The third-order valence-electron chi connectivity index (χ3n) is 2.30. The summed E-state index contributed by atoms with van der Waals surface area (Å²) in [5.41, 5.74) is 0.743. The average molecular weight is 283 g/mol. The van der Waals surface area contributed by atoms with Gasteiger partial charge >= 0.3 is 5.97 Å². The zero-order valence-corrected chi connectivity index (χ0v) is 10.6. The molecule has 2 unspecified atom stereocenters. The molecular formula is C13H8Cl2O3. The molecule has 0 bridgehead atoms. The molecule has 0 saturated carbocycles. The molecule has 0 aromatic heterocycles. The van der Waals surface area contributed by atoms with Crippen LogP contribution in [0.5, 0.6) is 0 Å². The van der Waals surface area contributed by atoms with E-state index in [1.54, 1.807) is 12.1 Å². The second kappa shape index (κ2) is 5.45. The molecule has 18 heavy (non-hydrogen) atoms. The fourth-order valence-corrected chi connectivity index (χ4v) is 1.79. The lowest BCUT2D eigenvalue weighted by Crippen LogP contribution is -2.25. The second-order valence-electron chi connectivity index (χ2n) is 3.57. The van der Waals surface area contributed by atoms with Crippen molar-refractivity contribution in [3.05, 3.63) is 46.0 Å². The van der Waals surface area contributed by atoms with Crippen LogP contribution < -0.4 is 0 Å². The van der Waals surface area contributed by atoms with E-state index in [0.29, 0.717) is 0 Å². The van der Waals surface area contributed by atoms with Gasteiger partial charge in [-0.3, -0.25) is 0 Å². The number of benzene rings is 1. The predicted octanol–water partition coefficient (Wildman–Crippen LogP) is 2.01. The first-order chi connectivity index (χ1) is 8.59. The van der Waals surface area contributed by atoms with Gasteiger partial charge in [-0.25, -0.2) is 4.79 Å². The van der Waals surface area contributed by atoms with Crippen LogP contribution >= 0.6 is 23.2 Å². The smallest absolute Gasteiger partial charge is 0.351 e. The summed E-state index contributed by atoms with van der Waals surface area (Å²) in [5, 5.41) is 9.56. The lowest BCUT2D eigenvalue weighted by molar-refractivity contribution is -0.141. The third-order valence-corrected chi connectivity index (χ3v) is 3.16. The molecule has 1 aromatic carbocycles. The van der Waals surface area contributed by atoms with Crippen LogP contribution in [0.4, 0.5) is 0 Å². The molecule has 1 aromatic rings. The Morgan fingerprint density at radius 3 is 2.50 bits per heavy atom. The molecule has 1 aliphatic rings. The highest BCUT2D eigenvalue weighted by atomic mass is 35.5. The van der Waals surface area contributed by atoms with Crippen molar-refractivity contribution in [1.29, 1.82) is 0 Å². The summed E-state index contributed by atoms with van der Waals surface area (Å²) in [4.78, 5) is 11.1. The summed E-state index contributed by atoms with van der Waals surface area (Å²) in [5.74, 6) is 4.58. The van der Waals surface area contributed by atoms with Crippen LogP contribution in [0.2, 0.25) is 0 Å². The SMILES string of the molecule is O=C1OC(C(O)C#Cc2ccccc2)C(Cl)=C1Cl. The summed E-state index contributed by atoms with van der Waals surface area (Å²) in [6, 6.07) is 9.11. The Hall–Kier alpha value is -1.47. The van der Waals surface area contributed by atoms with Crippen molar-refractivity contribution in [3.63, 3.8) is 0 Å². The van der Waals surface area contributed by atoms with Crippen molar-refractivity contribution in [2.24, 2.45) is 0 Å². The Morgan fingerprint density at radius 2 is 1.94 bits per heavy atom.